The van der Waals surface area contributed by atoms with E-state index in [0.29, 0.717) is 39.0 Å². The number of ether oxygens (including phenoxy) is 1. The van der Waals surface area contributed by atoms with E-state index in [0.717, 1.165) is 55.2 Å². The van der Waals surface area contributed by atoms with Crippen molar-refractivity contribution in [3.8, 4) is 0 Å². The minimum absolute atomic E-state index is 0.215. The molecule has 37 heavy (non-hydrogen) atoms. The van der Waals surface area contributed by atoms with Gasteiger partial charge in [0.1, 0.15) is 17.2 Å². The number of halogens is 1. The number of fused-ring (bicyclic) bond motifs is 1. The van der Waals surface area contributed by atoms with Crippen molar-refractivity contribution in [2.45, 2.75) is 48.8 Å². The van der Waals surface area contributed by atoms with Crippen LogP contribution < -0.4 is 10.5 Å². The second kappa shape index (κ2) is 10.00. The summed E-state index contributed by atoms with van der Waals surface area (Å²) < 4.78 is 7.36. The third-order valence-corrected chi connectivity index (χ3v) is 8.72. The summed E-state index contributed by atoms with van der Waals surface area (Å²) >= 11 is 8.11. The molecule has 0 amide bonds. The first-order valence-corrected chi connectivity index (χ1v) is 13.5. The Morgan fingerprint density at radius 2 is 1.92 bits per heavy atom. The van der Waals surface area contributed by atoms with Crippen LogP contribution in [0.25, 0.3) is 10.9 Å². The fourth-order valence-corrected chi connectivity index (χ4v) is 6.35. The van der Waals surface area contributed by atoms with Crippen molar-refractivity contribution in [1.29, 1.82) is 0 Å². The maximum Gasteiger partial charge on any atom is 0.263 e. The smallest absolute Gasteiger partial charge is 0.263 e. The number of rotatable bonds is 5. The van der Waals surface area contributed by atoms with E-state index in [1.165, 1.54) is 29.0 Å². The van der Waals surface area contributed by atoms with Crippen LogP contribution in [0.5, 0.6) is 0 Å². The van der Waals surface area contributed by atoms with Crippen molar-refractivity contribution in [2.75, 3.05) is 24.6 Å². The largest absolute Gasteiger partial charge is 0.378 e. The molecule has 190 valence electrons. The molecule has 1 atom stereocenters. The summed E-state index contributed by atoms with van der Waals surface area (Å²) in [6, 6.07) is 3.67. The average molecular weight is 536 g/mol. The maximum atomic E-state index is 13.2. The zero-order valence-electron chi connectivity index (χ0n) is 20.4. The van der Waals surface area contributed by atoms with Gasteiger partial charge >= 0.3 is 0 Å². The zero-order valence-corrected chi connectivity index (χ0v) is 22.0. The van der Waals surface area contributed by atoms with Crippen LogP contribution in [0.4, 0.5) is 5.82 Å². The van der Waals surface area contributed by atoms with Gasteiger partial charge in [0.2, 0.25) is 0 Å². The minimum atomic E-state index is -0.215. The molecule has 2 fully saturated rings. The third kappa shape index (κ3) is 4.93. The van der Waals surface area contributed by atoms with Crippen LogP contribution >= 0.6 is 23.4 Å². The molecule has 0 N–H and O–H groups in total. The zero-order chi connectivity index (χ0) is 25.4. The number of piperidine rings is 1. The molecule has 2 saturated heterocycles. The molecule has 0 bridgehead atoms. The summed E-state index contributed by atoms with van der Waals surface area (Å²) in [5.74, 6) is 0.882. The molecule has 1 aromatic carbocycles. The van der Waals surface area contributed by atoms with Crippen LogP contribution in [0.15, 0.2) is 64.3 Å². The summed E-state index contributed by atoms with van der Waals surface area (Å²) in [5.41, 5.74) is 1.46. The molecular weight excluding hydrogens is 510 g/mol. The second-order valence-electron chi connectivity index (χ2n) is 9.82. The van der Waals surface area contributed by atoms with E-state index < -0.39 is 0 Å². The Morgan fingerprint density at radius 1 is 1.11 bits per heavy atom. The molecule has 2 aliphatic heterocycles. The molecule has 0 radical (unpaired) electrons. The van der Waals surface area contributed by atoms with Gasteiger partial charge in [-0.25, -0.2) is 24.9 Å². The molecule has 1 spiro atoms. The fraction of sp³-hybridized carbons (Fsp3) is 0.385. The molecule has 2 aliphatic rings. The maximum absolute atomic E-state index is 13.2. The second-order valence-corrected chi connectivity index (χ2v) is 11.3. The van der Waals surface area contributed by atoms with Crippen LogP contribution in [-0.4, -0.2) is 55.3 Å². The van der Waals surface area contributed by atoms with Gasteiger partial charge in [0.05, 0.1) is 53.9 Å². The van der Waals surface area contributed by atoms with Crippen molar-refractivity contribution in [2.24, 2.45) is 5.41 Å². The van der Waals surface area contributed by atoms with Gasteiger partial charge in [-0.15, -0.1) is 0 Å². The first-order valence-electron chi connectivity index (χ1n) is 12.3. The highest BCUT2D eigenvalue weighted by Gasteiger charge is 2.41. The molecule has 3 aromatic heterocycles. The lowest BCUT2D eigenvalue weighted by Gasteiger charge is -2.38. The Balaban J connectivity index is 1.18. The first-order chi connectivity index (χ1) is 18.0. The predicted octanol–water partition coefficient (Wildman–Crippen LogP) is 4.22. The Bertz CT molecular complexity index is 1470. The minimum Gasteiger partial charge on any atom is -0.378 e. The van der Waals surface area contributed by atoms with E-state index in [4.69, 9.17) is 16.3 Å². The SMILES string of the molecule is C[C@H]1CC2(CCN(c3cnc(Sc4ccc5ncn(Cc6cncnc6)c(=O)c5c4Cl)cn3)CC2)CO1. The van der Waals surface area contributed by atoms with Crippen molar-refractivity contribution in [1.82, 2.24) is 29.5 Å². The highest BCUT2D eigenvalue weighted by atomic mass is 35.5. The van der Waals surface area contributed by atoms with E-state index in [9.17, 15) is 4.79 Å². The van der Waals surface area contributed by atoms with Gasteiger partial charge in [0.25, 0.3) is 5.56 Å². The predicted molar refractivity (Wildman–Crippen MR) is 142 cm³/mol. The summed E-state index contributed by atoms with van der Waals surface area (Å²) in [6.07, 6.45) is 13.6. The van der Waals surface area contributed by atoms with E-state index in [2.05, 4.69) is 36.7 Å². The Labute approximate surface area is 223 Å². The van der Waals surface area contributed by atoms with Gasteiger partial charge in [0, 0.05) is 35.9 Å². The Morgan fingerprint density at radius 3 is 2.62 bits per heavy atom. The lowest BCUT2D eigenvalue weighted by atomic mass is 9.77. The van der Waals surface area contributed by atoms with Gasteiger partial charge in [0.15, 0.2) is 0 Å². The first kappa shape index (κ1) is 24.3. The summed E-state index contributed by atoms with van der Waals surface area (Å²) in [4.78, 5) is 38.0. The highest BCUT2D eigenvalue weighted by molar-refractivity contribution is 7.99. The Kier molecular flexibility index (Phi) is 6.56. The number of benzene rings is 1. The monoisotopic (exact) mass is 535 g/mol. The normalized spacial score (nSPS) is 19.1. The van der Waals surface area contributed by atoms with Crippen LogP contribution in [0, 0.1) is 5.41 Å². The molecule has 6 rings (SSSR count). The lowest BCUT2D eigenvalue weighted by Crippen LogP contribution is -2.41. The molecule has 4 aromatic rings. The van der Waals surface area contributed by atoms with Crippen molar-refractivity contribution < 1.29 is 4.74 Å². The quantitative estimate of drug-likeness (QED) is 0.372. The van der Waals surface area contributed by atoms with Gasteiger partial charge in [-0.05, 0) is 43.7 Å². The summed E-state index contributed by atoms with van der Waals surface area (Å²) in [5, 5.41) is 1.45. The summed E-state index contributed by atoms with van der Waals surface area (Å²) in [6.45, 7) is 5.27. The number of aromatic nitrogens is 6. The molecule has 11 heteroatoms. The number of hydrogen-bond donors (Lipinski definition) is 0. The Hall–Kier alpha value is -3.08. The van der Waals surface area contributed by atoms with Crippen molar-refractivity contribution in [3.05, 3.63) is 70.5 Å². The van der Waals surface area contributed by atoms with Crippen LogP contribution in [0.2, 0.25) is 5.02 Å². The van der Waals surface area contributed by atoms with Crippen LogP contribution in [0.1, 0.15) is 31.7 Å². The molecule has 5 heterocycles. The number of hydrogen-bond acceptors (Lipinski definition) is 9. The fourth-order valence-electron chi connectivity index (χ4n) is 5.23. The van der Waals surface area contributed by atoms with Gasteiger partial charge in [-0.1, -0.05) is 23.4 Å². The van der Waals surface area contributed by atoms with Gasteiger partial charge < -0.3 is 9.64 Å². The lowest BCUT2D eigenvalue weighted by molar-refractivity contribution is 0.0976. The third-order valence-electron chi connectivity index (χ3n) is 7.23. The molecule has 9 nitrogen and oxygen atoms in total. The van der Waals surface area contributed by atoms with Crippen molar-refractivity contribution in [3.63, 3.8) is 0 Å². The van der Waals surface area contributed by atoms with Crippen LogP contribution in [0.3, 0.4) is 0 Å². The van der Waals surface area contributed by atoms with Crippen LogP contribution in [-0.2, 0) is 11.3 Å². The van der Waals surface area contributed by atoms with E-state index in [1.54, 1.807) is 24.7 Å². The number of anilines is 1. The molecular formula is C26H26ClN7O2S. The van der Waals surface area contributed by atoms with Crippen molar-refractivity contribution >= 4 is 40.1 Å². The topological polar surface area (TPSA) is 98.9 Å². The number of nitrogens with zero attached hydrogens (tertiary/aromatic N) is 7. The van der Waals surface area contributed by atoms with Gasteiger partial charge in [-0.3, -0.25) is 9.36 Å². The van der Waals surface area contributed by atoms with E-state index in [-0.39, 0.29) is 5.56 Å². The molecule has 0 saturated carbocycles. The standard InChI is InChI=1S/C26H26ClN7O2S/c1-17-8-26(14-36-17)4-6-33(7-5-26)21-11-31-22(12-30-21)37-20-3-2-19-23(24(20)27)25(35)34(16-32-19)13-18-9-28-15-29-10-18/h2-3,9-12,15-17H,4-8,13-14H2,1H3/t17-/m0/s1. The highest BCUT2D eigenvalue weighted by Crippen LogP contribution is 2.42. The van der Waals surface area contributed by atoms with Gasteiger partial charge in [-0.2, -0.15) is 0 Å². The summed E-state index contributed by atoms with van der Waals surface area (Å²) in [7, 11) is 0. The molecule has 0 unspecified atom stereocenters. The van der Waals surface area contributed by atoms with E-state index in [1.807, 2.05) is 12.3 Å². The van der Waals surface area contributed by atoms with E-state index >= 15 is 0 Å². The average Bonchev–Trinajstić information content (AvgIpc) is 3.28. The molecule has 0 aliphatic carbocycles.